The minimum Gasteiger partial charge on any atom is -0.399 e. The second kappa shape index (κ2) is 7.50. The van der Waals surface area contributed by atoms with E-state index in [-0.39, 0.29) is 5.91 Å². The molecule has 0 spiro atoms. The Morgan fingerprint density at radius 1 is 1.18 bits per heavy atom. The van der Waals surface area contributed by atoms with Crippen molar-refractivity contribution in [3.63, 3.8) is 0 Å². The fraction of sp³-hybridized carbons (Fsp3) is 0.278. The van der Waals surface area contributed by atoms with Gasteiger partial charge in [0.25, 0.3) is 0 Å². The van der Waals surface area contributed by atoms with Crippen molar-refractivity contribution in [1.29, 1.82) is 0 Å². The molecule has 1 amide bonds. The highest BCUT2D eigenvalue weighted by Crippen LogP contribution is 2.18. The Hall–Kier alpha value is -2.49. The number of nitrogen functional groups attached to an aromatic ring is 1. The van der Waals surface area contributed by atoms with Crippen molar-refractivity contribution in [2.45, 2.75) is 19.8 Å². The summed E-state index contributed by atoms with van der Waals surface area (Å²) in [6.45, 7) is 2.80. The fourth-order valence-electron chi connectivity index (χ4n) is 2.28. The lowest BCUT2D eigenvalue weighted by atomic mass is 10.1. The number of nitrogens with zero attached hydrogens (tertiary/aromatic N) is 1. The monoisotopic (exact) mass is 297 g/mol. The van der Waals surface area contributed by atoms with E-state index in [1.807, 2.05) is 44.3 Å². The molecule has 0 aliphatic heterocycles. The number of nitrogens with two attached hydrogens (primary N) is 1. The lowest BCUT2D eigenvalue weighted by Crippen LogP contribution is -2.20. The van der Waals surface area contributed by atoms with Crippen molar-refractivity contribution in [3.05, 3.63) is 54.1 Å². The average molecular weight is 297 g/mol. The Morgan fingerprint density at radius 3 is 2.64 bits per heavy atom. The average Bonchev–Trinajstić information content (AvgIpc) is 2.51. The standard InChI is InChI=1S/C18H23N3O/c1-14-10-11-15(19)13-17(14)20-18(22)9-6-12-21(2)16-7-4-3-5-8-16/h3-5,7-8,10-11,13H,6,9,12,19H2,1-2H3,(H,20,22). The Morgan fingerprint density at radius 2 is 1.91 bits per heavy atom. The number of amides is 1. The summed E-state index contributed by atoms with van der Waals surface area (Å²) in [6, 6.07) is 15.7. The van der Waals surface area contributed by atoms with Gasteiger partial charge >= 0.3 is 0 Å². The lowest BCUT2D eigenvalue weighted by Gasteiger charge is -2.19. The van der Waals surface area contributed by atoms with Crippen LogP contribution in [0.3, 0.4) is 0 Å². The number of anilines is 3. The van der Waals surface area contributed by atoms with Crippen LogP contribution in [0.1, 0.15) is 18.4 Å². The second-order valence-corrected chi connectivity index (χ2v) is 5.48. The summed E-state index contributed by atoms with van der Waals surface area (Å²) in [4.78, 5) is 14.2. The second-order valence-electron chi connectivity index (χ2n) is 5.48. The molecule has 116 valence electrons. The van der Waals surface area contributed by atoms with Gasteiger partial charge in [-0.3, -0.25) is 4.79 Å². The number of carbonyl (C=O) groups is 1. The quantitative estimate of drug-likeness (QED) is 0.803. The Labute approximate surface area is 131 Å². The molecular formula is C18H23N3O. The van der Waals surface area contributed by atoms with E-state index in [9.17, 15) is 4.79 Å². The molecule has 0 aliphatic rings. The van der Waals surface area contributed by atoms with Gasteiger partial charge in [0, 0.05) is 37.1 Å². The van der Waals surface area contributed by atoms with E-state index in [2.05, 4.69) is 22.3 Å². The summed E-state index contributed by atoms with van der Waals surface area (Å²) in [6.07, 6.45) is 1.30. The molecule has 2 aromatic carbocycles. The summed E-state index contributed by atoms with van der Waals surface area (Å²) in [5.41, 5.74) is 9.38. The number of benzene rings is 2. The van der Waals surface area contributed by atoms with Crippen molar-refractivity contribution in [2.24, 2.45) is 0 Å². The highest BCUT2D eigenvalue weighted by atomic mass is 16.1. The first-order chi connectivity index (χ1) is 10.6. The fourth-order valence-corrected chi connectivity index (χ4v) is 2.28. The molecule has 3 N–H and O–H groups in total. The molecule has 0 bridgehead atoms. The van der Waals surface area contributed by atoms with Crippen LogP contribution in [0.15, 0.2) is 48.5 Å². The van der Waals surface area contributed by atoms with E-state index in [1.165, 1.54) is 0 Å². The lowest BCUT2D eigenvalue weighted by molar-refractivity contribution is -0.116. The molecule has 0 radical (unpaired) electrons. The SMILES string of the molecule is Cc1ccc(N)cc1NC(=O)CCCN(C)c1ccccc1. The van der Waals surface area contributed by atoms with Crippen LogP contribution in [0.4, 0.5) is 17.1 Å². The van der Waals surface area contributed by atoms with Gasteiger partial charge in [-0.25, -0.2) is 0 Å². The van der Waals surface area contributed by atoms with Gasteiger partial charge in [-0.05, 0) is 43.2 Å². The molecule has 0 fully saturated rings. The van der Waals surface area contributed by atoms with Crippen LogP contribution in [0.2, 0.25) is 0 Å². The van der Waals surface area contributed by atoms with Crippen molar-refractivity contribution < 1.29 is 4.79 Å². The molecule has 22 heavy (non-hydrogen) atoms. The zero-order valence-electron chi connectivity index (χ0n) is 13.2. The van der Waals surface area contributed by atoms with E-state index in [4.69, 9.17) is 5.73 Å². The largest absolute Gasteiger partial charge is 0.399 e. The summed E-state index contributed by atoms with van der Waals surface area (Å²) >= 11 is 0. The third kappa shape index (κ3) is 4.52. The van der Waals surface area contributed by atoms with Gasteiger partial charge in [0.05, 0.1) is 0 Å². The third-order valence-corrected chi connectivity index (χ3v) is 3.63. The Bertz CT molecular complexity index is 625. The molecule has 2 rings (SSSR count). The molecule has 0 saturated heterocycles. The first kappa shape index (κ1) is 15.9. The predicted molar refractivity (Wildman–Crippen MR) is 93.2 cm³/mol. The van der Waals surface area contributed by atoms with Crippen LogP contribution in [-0.4, -0.2) is 19.5 Å². The molecule has 0 heterocycles. The number of hydrogen-bond donors (Lipinski definition) is 2. The number of aryl methyl sites for hydroxylation is 1. The van der Waals surface area contributed by atoms with Crippen molar-refractivity contribution >= 4 is 23.0 Å². The summed E-state index contributed by atoms with van der Waals surface area (Å²) in [5, 5.41) is 2.93. The third-order valence-electron chi connectivity index (χ3n) is 3.63. The molecule has 0 aliphatic carbocycles. The summed E-state index contributed by atoms with van der Waals surface area (Å²) < 4.78 is 0. The first-order valence-corrected chi connectivity index (χ1v) is 7.48. The van der Waals surface area contributed by atoms with Gasteiger partial charge in [-0.1, -0.05) is 24.3 Å². The van der Waals surface area contributed by atoms with Crippen LogP contribution in [-0.2, 0) is 4.79 Å². The molecule has 4 nitrogen and oxygen atoms in total. The highest BCUT2D eigenvalue weighted by Gasteiger charge is 2.06. The van der Waals surface area contributed by atoms with Gasteiger partial charge in [-0.2, -0.15) is 0 Å². The van der Waals surface area contributed by atoms with Crippen LogP contribution >= 0.6 is 0 Å². The molecule has 0 atom stereocenters. The van der Waals surface area contributed by atoms with E-state index in [0.717, 1.165) is 29.9 Å². The van der Waals surface area contributed by atoms with Crippen LogP contribution in [0.5, 0.6) is 0 Å². The summed E-state index contributed by atoms with van der Waals surface area (Å²) in [5.74, 6) is 0.0233. The number of carbonyl (C=O) groups excluding carboxylic acids is 1. The molecule has 0 aromatic heterocycles. The number of para-hydroxylation sites is 1. The van der Waals surface area contributed by atoms with Crippen molar-refractivity contribution in [1.82, 2.24) is 0 Å². The van der Waals surface area contributed by atoms with E-state index >= 15 is 0 Å². The van der Waals surface area contributed by atoms with Gasteiger partial charge in [0.2, 0.25) is 5.91 Å². The van der Waals surface area contributed by atoms with Crippen molar-refractivity contribution in [3.8, 4) is 0 Å². The smallest absolute Gasteiger partial charge is 0.224 e. The predicted octanol–water partition coefficient (Wildman–Crippen LogP) is 3.43. The minimum absolute atomic E-state index is 0.0233. The zero-order chi connectivity index (χ0) is 15.9. The first-order valence-electron chi connectivity index (χ1n) is 7.48. The van der Waals surface area contributed by atoms with Crippen molar-refractivity contribution in [2.75, 3.05) is 29.5 Å². The number of hydrogen-bond acceptors (Lipinski definition) is 3. The summed E-state index contributed by atoms with van der Waals surface area (Å²) in [7, 11) is 2.04. The molecule has 0 saturated carbocycles. The topological polar surface area (TPSA) is 58.4 Å². The maximum Gasteiger partial charge on any atom is 0.224 e. The molecular weight excluding hydrogens is 274 g/mol. The maximum atomic E-state index is 12.0. The zero-order valence-corrected chi connectivity index (χ0v) is 13.2. The highest BCUT2D eigenvalue weighted by molar-refractivity contribution is 5.92. The molecule has 4 heteroatoms. The number of rotatable bonds is 6. The molecule has 2 aromatic rings. The normalized spacial score (nSPS) is 10.3. The van der Waals surface area contributed by atoms with E-state index < -0.39 is 0 Å². The van der Waals surface area contributed by atoms with Crippen LogP contribution in [0, 0.1) is 6.92 Å². The van der Waals surface area contributed by atoms with Gasteiger partial charge in [0.15, 0.2) is 0 Å². The van der Waals surface area contributed by atoms with Crippen LogP contribution in [0.25, 0.3) is 0 Å². The van der Waals surface area contributed by atoms with Gasteiger partial charge in [0.1, 0.15) is 0 Å². The van der Waals surface area contributed by atoms with E-state index in [0.29, 0.717) is 12.1 Å². The van der Waals surface area contributed by atoms with Gasteiger partial charge < -0.3 is 16.0 Å². The maximum absolute atomic E-state index is 12.0. The minimum atomic E-state index is 0.0233. The van der Waals surface area contributed by atoms with Gasteiger partial charge in [-0.15, -0.1) is 0 Å². The molecule has 0 unspecified atom stereocenters. The van der Waals surface area contributed by atoms with E-state index in [1.54, 1.807) is 6.07 Å². The Balaban J connectivity index is 1.80. The number of nitrogens with one attached hydrogen (secondary N) is 1. The van der Waals surface area contributed by atoms with Crippen LogP contribution < -0.4 is 16.0 Å². The Kier molecular flexibility index (Phi) is 5.42.